The third-order valence-corrected chi connectivity index (χ3v) is 6.01. The summed E-state index contributed by atoms with van der Waals surface area (Å²) in [4.78, 5) is 11.8. The van der Waals surface area contributed by atoms with E-state index in [0.717, 1.165) is 16.8 Å². The Balaban J connectivity index is 1.74. The maximum absolute atomic E-state index is 11.8. The van der Waals surface area contributed by atoms with Crippen LogP contribution in [0.2, 0.25) is 5.02 Å². The first-order valence-corrected chi connectivity index (χ1v) is 9.48. The van der Waals surface area contributed by atoms with E-state index < -0.39 is 11.2 Å². The number of nitrogens with two attached hydrogens (primary N) is 1. The van der Waals surface area contributed by atoms with Gasteiger partial charge in [-0.15, -0.1) is 10.2 Å². The monoisotopic (exact) mass is 390 g/mol. The number of thioether (sulfide) groups is 1. The average Bonchev–Trinajstić information content (AvgIpc) is 3.04. The fraction of sp³-hybridized carbons (Fsp3) is 0.118. The maximum atomic E-state index is 11.8. The molecule has 0 bridgehead atoms. The molecule has 0 saturated heterocycles. The van der Waals surface area contributed by atoms with Crippen LogP contribution in [0.3, 0.4) is 0 Å². The Morgan fingerprint density at radius 2 is 2.00 bits per heavy atom. The lowest BCUT2D eigenvalue weighted by Crippen LogP contribution is -2.18. The van der Waals surface area contributed by atoms with Crippen LogP contribution in [0.25, 0.3) is 0 Å². The molecule has 0 radical (unpaired) electrons. The van der Waals surface area contributed by atoms with Crippen molar-refractivity contribution in [1.29, 1.82) is 0 Å². The number of aryl methyl sites for hydroxylation is 1. The first-order chi connectivity index (χ1) is 12.0. The van der Waals surface area contributed by atoms with Gasteiger partial charge in [0.05, 0.1) is 0 Å². The van der Waals surface area contributed by atoms with Gasteiger partial charge in [0.1, 0.15) is 5.25 Å². The second-order valence-electron chi connectivity index (χ2n) is 5.27. The molecule has 0 fully saturated rings. The zero-order valence-electron chi connectivity index (χ0n) is 13.3. The molecule has 1 heterocycles. The van der Waals surface area contributed by atoms with E-state index in [0.29, 0.717) is 14.5 Å². The SMILES string of the molecule is Cc1ccc(Nc2nnc(SC(C(N)=O)c3ccccc3)s2)cc1Cl. The molecule has 2 aromatic carbocycles. The lowest BCUT2D eigenvalue weighted by Gasteiger charge is -2.10. The van der Waals surface area contributed by atoms with Crippen LogP contribution in [0.1, 0.15) is 16.4 Å². The van der Waals surface area contributed by atoms with Gasteiger partial charge in [0, 0.05) is 10.7 Å². The predicted molar refractivity (Wildman–Crippen MR) is 104 cm³/mol. The van der Waals surface area contributed by atoms with E-state index in [1.165, 1.54) is 23.1 Å². The molecule has 3 N–H and O–H groups in total. The molecule has 1 amide bonds. The number of carbonyl (C=O) groups excluding carboxylic acids is 1. The highest BCUT2D eigenvalue weighted by Crippen LogP contribution is 2.38. The Kier molecular flexibility index (Phi) is 5.57. The van der Waals surface area contributed by atoms with Crippen LogP contribution in [0, 0.1) is 6.92 Å². The van der Waals surface area contributed by atoms with E-state index in [2.05, 4.69) is 15.5 Å². The van der Waals surface area contributed by atoms with Crippen molar-refractivity contribution < 1.29 is 4.79 Å². The van der Waals surface area contributed by atoms with Crippen LogP contribution < -0.4 is 11.1 Å². The number of carbonyl (C=O) groups is 1. The summed E-state index contributed by atoms with van der Waals surface area (Å²) in [6.45, 7) is 1.94. The van der Waals surface area contributed by atoms with Gasteiger partial charge in [-0.3, -0.25) is 4.79 Å². The van der Waals surface area contributed by atoms with Gasteiger partial charge in [0.15, 0.2) is 4.34 Å². The molecule has 0 aliphatic heterocycles. The van der Waals surface area contributed by atoms with Crippen molar-refractivity contribution in [2.45, 2.75) is 16.5 Å². The fourth-order valence-electron chi connectivity index (χ4n) is 2.12. The molecule has 1 atom stereocenters. The van der Waals surface area contributed by atoms with Crippen molar-refractivity contribution in [3.8, 4) is 0 Å². The number of hydrogen-bond acceptors (Lipinski definition) is 6. The van der Waals surface area contributed by atoms with Crippen molar-refractivity contribution >= 4 is 51.4 Å². The predicted octanol–water partition coefficient (Wildman–Crippen LogP) is 4.56. The highest BCUT2D eigenvalue weighted by atomic mass is 35.5. The minimum atomic E-state index is -0.504. The fourth-order valence-corrected chi connectivity index (χ4v) is 4.22. The van der Waals surface area contributed by atoms with Gasteiger partial charge in [0.2, 0.25) is 11.0 Å². The molecule has 8 heteroatoms. The summed E-state index contributed by atoms with van der Waals surface area (Å²) in [6.07, 6.45) is 0. The van der Waals surface area contributed by atoms with Crippen LogP contribution >= 0.6 is 34.7 Å². The Labute approximate surface area is 158 Å². The van der Waals surface area contributed by atoms with Gasteiger partial charge >= 0.3 is 0 Å². The number of rotatable bonds is 6. The van der Waals surface area contributed by atoms with Crippen molar-refractivity contribution in [3.63, 3.8) is 0 Å². The van der Waals surface area contributed by atoms with Gasteiger partial charge in [-0.05, 0) is 30.2 Å². The number of primary amides is 1. The van der Waals surface area contributed by atoms with Gasteiger partial charge in [0.25, 0.3) is 0 Å². The first-order valence-electron chi connectivity index (χ1n) is 7.40. The minimum absolute atomic E-state index is 0.411. The van der Waals surface area contributed by atoms with Gasteiger partial charge < -0.3 is 11.1 Å². The molecule has 3 rings (SSSR count). The number of hydrogen-bond donors (Lipinski definition) is 2. The molecule has 5 nitrogen and oxygen atoms in total. The summed E-state index contributed by atoms with van der Waals surface area (Å²) in [6, 6.07) is 15.1. The summed E-state index contributed by atoms with van der Waals surface area (Å²) >= 11 is 8.78. The van der Waals surface area contributed by atoms with E-state index in [9.17, 15) is 4.79 Å². The van der Waals surface area contributed by atoms with E-state index in [-0.39, 0.29) is 0 Å². The molecule has 128 valence electrons. The van der Waals surface area contributed by atoms with E-state index in [1.54, 1.807) is 0 Å². The van der Waals surface area contributed by atoms with Crippen molar-refractivity contribution in [3.05, 3.63) is 64.7 Å². The molecule has 0 spiro atoms. The highest BCUT2D eigenvalue weighted by Gasteiger charge is 2.21. The molecule has 0 aliphatic carbocycles. The average molecular weight is 391 g/mol. The molecule has 25 heavy (non-hydrogen) atoms. The molecular weight excluding hydrogens is 376 g/mol. The molecule has 0 saturated carbocycles. The number of amides is 1. The third kappa shape index (κ3) is 4.50. The summed E-state index contributed by atoms with van der Waals surface area (Å²) in [5, 5.41) is 12.2. The van der Waals surface area contributed by atoms with Crippen molar-refractivity contribution in [2.75, 3.05) is 5.32 Å². The molecule has 1 unspecified atom stereocenters. The van der Waals surface area contributed by atoms with Gasteiger partial charge in [-0.1, -0.05) is 71.1 Å². The smallest absolute Gasteiger partial charge is 0.235 e. The summed E-state index contributed by atoms with van der Waals surface area (Å²) in [5.74, 6) is -0.411. The number of nitrogens with one attached hydrogen (secondary N) is 1. The quantitative estimate of drug-likeness (QED) is 0.603. The molecule has 1 aromatic heterocycles. The van der Waals surface area contributed by atoms with Gasteiger partial charge in [-0.25, -0.2) is 0 Å². The number of aromatic nitrogens is 2. The first kappa shape index (κ1) is 17.7. The van der Waals surface area contributed by atoms with Crippen molar-refractivity contribution in [2.24, 2.45) is 5.73 Å². The van der Waals surface area contributed by atoms with Crippen LogP contribution in [-0.2, 0) is 4.79 Å². The lowest BCUT2D eigenvalue weighted by molar-refractivity contribution is -0.117. The van der Waals surface area contributed by atoms with Crippen LogP contribution in [0.4, 0.5) is 10.8 Å². The van der Waals surface area contributed by atoms with Crippen LogP contribution in [0.5, 0.6) is 0 Å². The standard InChI is InChI=1S/C17H15ClN4OS2/c1-10-7-8-12(9-13(10)18)20-16-21-22-17(25-16)24-14(15(19)23)11-5-3-2-4-6-11/h2-9,14H,1H3,(H2,19,23)(H,20,21). The summed E-state index contributed by atoms with van der Waals surface area (Å²) < 4.78 is 0.661. The Morgan fingerprint density at radius 1 is 1.24 bits per heavy atom. The maximum Gasteiger partial charge on any atom is 0.235 e. The second kappa shape index (κ2) is 7.86. The number of nitrogens with zero attached hydrogens (tertiary/aromatic N) is 2. The summed E-state index contributed by atoms with van der Waals surface area (Å²) in [5.41, 5.74) is 8.23. The Morgan fingerprint density at radius 3 is 2.68 bits per heavy atom. The minimum Gasteiger partial charge on any atom is -0.368 e. The number of anilines is 2. The third-order valence-electron chi connectivity index (χ3n) is 3.41. The molecular formula is C17H15ClN4OS2. The Hall–Kier alpha value is -2.09. The second-order valence-corrected chi connectivity index (χ2v) is 8.01. The molecule has 0 aliphatic rings. The number of benzene rings is 2. The molecule has 3 aromatic rings. The van der Waals surface area contributed by atoms with Gasteiger partial charge in [-0.2, -0.15) is 0 Å². The van der Waals surface area contributed by atoms with E-state index in [4.69, 9.17) is 17.3 Å². The normalized spacial score (nSPS) is 11.9. The van der Waals surface area contributed by atoms with Crippen LogP contribution in [0.15, 0.2) is 52.9 Å². The Bertz CT molecular complexity index is 885. The zero-order valence-corrected chi connectivity index (χ0v) is 15.7. The van der Waals surface area contributed by atoms with Crippen molar-refractivity contribution in [1.82, 2.24) is 10.2 Å². The van der Waals surface area contributed by atoms with E-state index >= 15 is 0 Å². The topological polar surface area (TPSA) is 80.9 Å². The number of halogens is 1. The van der Waals surface area contributed by atoms with E-state index in [1.807, 2.05) is 55.5 Å². The largest absolute Gasteiger partial charge is 0.368 e. The zero-order chi connectivity index (χ0) is 17.8. The lowest BCUT2D eigenvalue weighted by atomic mass is 10.1. The highest BCUT2D eigenvalue weighted by molar-refractivity contribution is 8.01. The summed E-state index contributed by atoms with van der Waals surface area (Å²) in [7, 11) is 0. The van der Waals surface area contributed by atoms with Crippen LogP contribution in [-0.4, -0.2) is 16.1 Å².